The number of benzene rings is 1. The molecule has 0 heterocycles. The van der Waals surface area contributed by atoms with Gasteiger partial charge in [0.25, 0.3) is 0 Å². The van der Waals surface area contributed by atoms with Gasteiger partial charge in [0.05, 0.1) is 15.1 Å². The lowest BCUT2D eigenvalue weighted by molar-refractivity contribution is 0.182. The quantitative estimate of drug-likeness (QED) is 0.565. The first-order chi connectivity index (χ1) is 6.73. The Balaban J connectivity index is 3.17. The van der Waals surface area contributed by atoms with Crippen molar-refractivity contribution in [2.75, 3.05) is 0 Å². The molecule has 0 amide bonds. The van der Waals surface area contributed by atoms with E-state index < -0.39 is 9.90 Å². The highest BCUT2D eigenvalue weighted by molar-refractivity contribution is 6.68. The molecule has 1 nitrogen and oxygen atoms in total. The predicted molar refractivity (Wildman–Crippen MR) is 66.7 cm³/mol. The second-order valence-corrected chi connectivity index (χ2v) is 6.30. The Labute approximate surface area is 117 Å². The number of aliphatic hydroxyl groups excluding tert-OH is 1. The maximum atomic E-state index is 9.64. The summed E-state index contributed by atoms with van der Waals surface area (Å²) >= 11 is 33.8. The highest BCUT2D eigenvalue weighted by Crippen LogP contribution is 2.42. The summed E-state index contributed by atoms with van der Waals surface area (Å²) in [4.78, 5) is 0. The largest absolute Gasteiger partial charge is 0.384 e. The molecule has 0 fully saturated rings. The minimum Gasteiger partial charge on any atom is -0.384 e. The monoisotopic (exact) mass is 326 g/mol. The zero-order valence-corrected chi connectivity index (χ0v) is 11.5. The molecule has 1 N–H and O–H groups in total. The summed E-state index contributed by atoms with van der Waals surface area (Å²) in [6.45, 7) is 0. The molecule has 1 aromatic rings. The van der Waals surface area contributed by atoms with Crippen molar-refractivity contribution in [3.05, 3.63) is 32.8 Å². The van der Waals surface area contributed by atoms with Crippen LogP contribution in [0.4, 0.5) is 0 Å². The molecule has 1 rings (SSSR count). The number of alkyl halides is 3. The van der Waals surface area contributed by atoms with Crippen molar-refractivity contribution in [2.45, 2.75) is 9.90 Å². The molecule has 0 aliphatic rings. The summed E-state index contributed by atoms with van der Waals surface area (Å²) in [6, 6.07) is 2.78. The second-order valence-electron chi connectivity index (χ2n) is 2.74. The molecular weight excluding hydrogens is 325 g/mol. The number of halogens is 6. The first kappa shape index (κ1) is 14.0. The standard InChI is InChI=1S/C8H4Cl6O/c9-4-1-3(2-5(10)6(4)11)7(15)8(12,13)14/h1-2,7,15H. The summed E-state index contributed by atoms with van der Waals surface area (Å²) in [5.74, 6) is 0. The minimum atomic E-state index is -1.85. The molecule has 0 spiro atoms. The fraction of sp³-hybridized carbons (Fsp3) is 0.250. The maximum Gasteiger partial charge on any atom is 0.220 e. The SMILES string of the molecule is OC(c1cc(Cl)c(Cl)c(Cl)c1)C(Cl)(Cl)Cl. The van der Waals surface area contributed by atoms with E-state index in [0.717, 1.165) is 0 Å². The average Bonchev–Trinajstić information content (AvgIpc) is 2.10. The minimum absolute atomic E-state index is 0.187. The topological polar surface area (TPSA) is 20.2 Å². The lowest BCUT2D eigenvalue weighted by Gasteiger charge is -2.19. The summed E-state index contributed by atoms with van der Waals surface area (Å²) in [7, 11) is 0. The Morgan fingerprint density at radius 2 is 1.40 bits per heavy atom. The van der Waals surface area contributed by atoms with Gasteiger partial charge < -0.3 is 5.11 Å². The first-order valence-corrected chi connectivity index (χ1v) is 5.89. The second kappa shape index (κ2) is 5.05. The molecule has 0 radical (unpaired) electrons. The number of rotatable bonds is 1. The maximum absolute atomic E-state index is 9.64. The van der Waals surface area contributed by atoms with Crippen LogP contribution in [0.3, 0.4) is 0 Å². The smallest absolute Gasteiger partial charge is 0.220 e. The third kappa shape index (κ3) is 3.44. The Hall–Kier alpha value is 0.920. The summed E-state index contributed by atoms with van der Waals surface area (Å²) in [5.41, 5.74) is 0.286. The molecular formula is C8H4Cl6O. The van der Waals surface area contributed by atoms with Gasteiger partial charge in [-0.25, -0.2) is 0 Å². The van der Waals surface area contributed by atoms with Crippen molar-refractivity contribution in [2.24, 2.45) is 0 Å². The van der Waals surface area contributed by atoms with E-state index >= 15 is 0 Å². The third-order valence-corrected chi connectivity index (χ3v) is 3.45. The van der Waals surface area contributed by atoms with Crippen LogP contribution < -0.4 is 0 Å². The van der Waals surface area contributed by atoms with Gasteiger partial charge >= 0.3 is 0 Å². The van der Waals surface area contributed by atoms with Crippen LogP contribution in [-0.2, 0) is 0 Å². The number of hydrogen-bond acceptors (Lipinski definition) is 1. The predicted octanol–water partition coefficient (Wildman–Crippen LogP) is 5.05. The van der Waals surface area contributed by atoms with Crippen LogP contribution >= 0.6 is 69.6 Å². The Bertz CT molecular complexity index is 349. The van der Waals surface area contributed by atoms with Crippen LogP contribution in [0.25, 0.3) is 0 Å². The van der Waals surface area contributed by atoms with Crippen LogP contribution in [-0.4, -0.2) is 8.90 Å². The summed E-state index contributed by atoms with van der Waals surface area (Å²) in [5, 5.41) is 10.2. The van der Waals surface area contributed by atoms with Crippen LogP contribution in [0.15, 0.2) is 12.1 Å². The Morgan fingerprint density at radius 1 is 1.00 bits per heavy atom. The van der Waals surface area contributed by atoms with E-state index in [4.69, 9.17) is 69.6 Å². The van der Waals surface area contributed by atoms with E-state index in [1.54, 1.807) is 0 Å². The van der Waals surface area contributed by atoms with Gasteiger partial charge in [0, 0.05) is 0 Å². The van der Waals surface area contributed by atoms with Crippen molar-refractivity contribution >= 4 is 69.6 Å². The van der Waals surface area contributed by atoms with Crippen LogP contribution in [0.1, 0.15) is 11.7 Å². The van der Waals surface area contributed by atoms with E-state index in [1.165, 1.54) is 12.1 Å². The highest BCUT2D eigenvalue weighted by Gasteiger charge is 2.32. The van der Waals surface area contributed by atoms with E-state index in [1.807, 2.05) is 0 Å². The fourth-order valence-corrected chi connectivity index (χ4v) is 1.91. The van der Waals surface area contributed by atoms with E-state index in [2.05, 4.69) is 0 Å². The molecule has 15 heavy (non-hydrogen) atoms. The first-order valence-electron chi connectivity index (χ1n) is 3.62. The lowest BCUT2D eigenvalue weighted by atomic mass is 10.1. The van der Waals surface area contributed by atoms with Gasteiger partial charge in [-0.2, -0.15) is 0 Å². The van der Waals surface area contributed by atoms with Crippen molar-refractivity contribution < 1.29 is 5.11 Å². The van der Waals surface area contributed by atoms with E-state index in [-0.39, 0.29) is 20.6 Å². The molecule has 0 aliphatic heterocycles. The molecule has 84 valence electrons. The van der Waals surface area contributed by atoms with Crippen LogP contribution in [0.5, 0.6) is 0 Å². The van der Waals surface area contributed by atoms with Gasteiger partial charge in [0.1, 0.15) is 6.10 Å². The van der Waals surface area contributed by atoms with Crippen molar-refractivity contribution in [1.82, 2.24) is 0 Å². The lowest BCUT2D eigenvalue weighted by Crippen LogP contribution is -2.16. The molecule has 1 atom stereocenters. The Kier molecular flexibility index (Phi) is 4.71. The van der Waals surface area contributed by atoms with Crippen molar-refractivity contribution in [3.63, 3.8) is 0 Å². The zero-order valence-electron chi connectivity index (χ0n) is 6.95. The highest BCUT2D eigenvalue weighted by atomic mass is 35.6. The molecule has 0 aliphatic carbocycles. The normalized spacial score (nSPS) is 14.1. The molecule has 1 unspecified atom stereocenters. The molecule has 7 heteroatoms. The summed E-state index contributed by atoms with van der Waals surface area (Å²) in [6.07, 6.45) is -1.32. The van der Waals surface area contributed by atoms with Gasteiger partial charge in [-0.3, -0.25) is 0 Å². The van der Waals surface area contributed by atoms with Crippen LogP contribution in [0, 0.1) is 0 Å². The molecule has 0 saturated heterocycles. The molecule has 0 saturated carbocycles. The number of aliphatic hydroxyl groups is 1. The van der Waals surface area contributed by atoms with Gasteiger partial charge in [0.2, 0.25) is 3.79 Å². The van der Waals surface area contributed by atoms with Crippen LogP contribution in [0.2, 0.25) is 15.1 Å². The molecule has 0 bridgehead atoms. The van der Waals surface area contributed by atoms with Gasteiger partial charge in [-0.1, -0.05) is 69.6 Å². The van der Waals surface area contributed by atoms with Crippen molar-refractivity contribution in [3.8, 4) is 0 Å². The molecule has 0 aromatic heterocycles. The average molecular weight is 329 g/mol. The van der Waals surface area contributed by atoms with E-state index in [0.29, 0.717) is 0 Å². The zero-order chi connectivity index (χ0) is 11.8. The fourth-order valence-electron chi connectivity index (χ4n) is 0.922. The summed E-state index contributed by atoms with van der Waals surface area (Å²) < 4.78 is -1.85. The van der Waals surface area contributed by atoms with Crippen molar-refractivity contribution in [1.29, 1.82) is 0 Å². The Morgan fingerprint density at radius 3 is 1.73 bits per heavy atom. The molecule has 1 aromatic carbocycles. The van der Waals surface area contributed by atoms with Gasteiger partial charge in [-0.15, -0.1) is 0 Å². The van der Waals surface area contributed by atoms with E-state index in [9.17, 15) is 5.11 Å². The van der Waals surface area contributed by atoms with Gasteiger partial charge in [0.15, 0.2) is 0 Å². The third-order valence-electron chi connectivity index (χ3n) is 1.63. The van der Waals surface area contributed by atoms with Gasteiger partial charge in [-0.05, 0) is 17.7 Å². The number of hydrogen-bond donors (Lipinski definition) is 1.